The highest BCUT2D eigenvalue weighted by molar-refractivity contribution is 5.94. The molecule has 0 unspecified atom stereocenters. The molecule has 1 aromatic rings. The summed E-state index contributed by atoms with van der Waals surface area (Å²) in [5, 5.41) is 2.89. The number of ether oxygens (including phenoxy) is 2. The summed E-state index contributed by atoms with van der Waals surface area (Å²) in [6.45, 7) is 4.86. The third-order valence-electron chi connectivity index (χ3n) is 5.34. The molecule has 1 aliphatic rings. The standard InChI is InChI=1S/C24H36N4O5/c1-2-33-22(29)11-10-20(5-3-4-12-25)27-23(30)21(26)17-18-6-8-19(9-7-18)24(31)28-13-15-32-16-14-28/h6-11,20-21H,2-5,12-17,25-26H2,1H3,(H,27,30)/b11-10+/t20-,21-/m0/s1. The van der Waals surface area contributed by atoms with Gasteiger partial charge >= 0.3 is 5.97 Å². The van der Waals surface area contributed by atoms with E-state index < -0.39 is 12.0 Å². The molecule has 0 aromatic heterocycles. The second kappa shape index (κ2) is 14.4. The molecule has 9 nitrogen and oxygen atoms in total. The number of nitrogens with two attached hydrogens (primary N) is 2. The van der Waals surface area contributed by atoms with E-state index in [1.54, 1.807) is 30.0 Å². The van der Waals surface area contributed by atoms with Gasteiger partial charge in [0.25, 0.3) is 5.91 Å². The highest BCUT2D eigenvalue weighted by Gasteiger charge is 2.20. The molecular weight excluding hydrogens is 424 g/mol. The average molecular weight is 461 g/mol. The summed E-state index contributed by atoms with van der Waals surface area (Å²) in [4.78, 5) is 38.6. The van der Waals surface area contributed by atoms with Crippen LogP contribution in [0.4, 0.5) is 0 Å². The number of unbranched alkanes of at least 4 members (excludes halogenated alkanes) is 1. The molecule has 0 aliphatic carbocycles. The molecule has 9 heteroatoms. The summed E-state index contributed by atoms with van der Waals surface area (Å²) >= 11 is 0. The number of nitrogens with zero attached hydrogens (tertiary/aromatic N) is 1. The van der Waals surface area contributed by atoms with Crippen molar-refractivity contribution < 1.29 is 23.9 Å². The number of hydrogen-bond donors (Lipinski definition) is 3. The van der Waals surface area contributed by atoms with Crippen molar-refractivity contribution in [2.45, 2.75) is 44.7 Å². The van der Waals surface area contributed by atoms with E-state index in [0.29, 0.717) is 51.3 Å². The maximum absolute atomic E-state index is 12.7. The van der Waals surface area contributed by atoms with Gasteiger partial charge in [-0.3, -0.25) is 9.59 Å². The Morgan fingerprint density at radius 3 is 2.52 bits per heavy atom. The highest BCUT2D eigenvalue weighted by Crippen LogP contribution is 2.11. The number of hydrogen-bond acceptors (Lipinski definition) is 7. The fraction of sp³-hybridized carbons (Fsp3) is 0.542. The summed E-state index contributed by atoms with van der Waals surface area (Å²) in [6.07, 6.45) is 5.56. The second-order valence-corrected chi connectivity index (χ2v) is 7.92. The van der Waals surface area contributed by atoms with Crippen molar-refractivity contribution in [3.63, 3.8) is 0 Å². The lowest BCUT2D eigenvalue weighted by Gasteiger charge is -2.26. The number of carbonyl (C=O) groups is 3. The number of carbonyl (C=O) groups excluding carboxylic acids is 3. The lowest BCUT2D eigenvalue weighted by Crippen LogP contribution is -2.46. The van der Waals surface area contributed by atoms with E-state index in [0.717, 1.165) is 18.4 Å². The van der Waals surface area contributed by atoms with Gasteiger partial charge in [-0.15, -0.1) is 0 Å². The zero-order valence-corrected chi connectivity index (χ0v) is 19.3. The molecule has 0 spiro atoms. The van der Waals surface area contributed by atoms with Gasteiger partial charge in [-0.2, -0.15) is 0 Å². The normalized spacial score (nSPS) is 15.8. The molecule has 0 radical (unpaired) electrons. The summed E-state index contributed by atoms with van der Waals surface area (Å²) in [6, 6.07) is 6.05. The number of morpholine rings is 1. The molecule has 5 N–H and O–H groups in total. The summed E-state index contributed by atoms with van der Waals surface area (Å²) < 4.78 is 10.2. The van der Waals surface area contributed by atoms with E-state index in [4.69, 9.17) is 20.9 Å². The molecule has 33 heavy (non-hydrogen) atoms. The van der Waals surface area contributed by atoms with Crippen molar-refractivity contribution in [3.05, 3.63) is 47.5 Å². The predicted molar refractivity (Wildman–Crippen MR) is 125 cm³/mol. The van der Waals surface area contributed by atoms with E-state index in [2.05, 4.69) is 5.32 Å². The van der Waals surface area contributed by atoms with Crippen molar-refractivity contribution in [2.75, 3.05) is 39.5 Å². The third-order valence-corrected chi connectivity index (χ3v) is 5.34. The molecule has 2 amide bonds. The van der Waals surface area contributed by atoms with Crippen LogP contribution < -0.4 is 16.8 Å². The van der Waals surface area contributed by atoms with Crippen LogP contribution in [0.3, 0.4) is 0 Å². The van der Waals surface area contributed by atoms with Crippen LogP contribution in [0.5, 0.6) is 0 Å². The predicted octanol–water partition coefficient (Wildman–Crippen LogP) is 0.762. The molecule has 182 valence electrons. The van der Waals surface area contributed by atoms with Gasteiger partial charge in [-0.05, 0) is 56.8 Å². The first-order valence-corrected chi connectivity index (χ1v) is 11.5. The van der Waals surface area contributed by atoms with Crippen LogP contribution in [0.1, 0.15) is 42.1 Å². The van der Waals surface area contributed by atoms with Gasteiger partial charge in [-0.25, -0.2) is 4.79 Å². The quantitative estimate of drug-likeness (QED) is 0.238. The Kier molecular flexibility index (Phi) is 11.6. The number of benzene rings is 1. The van der Waals surface area contributed by atoms with Gasteiger partial charge in [0.15, 0.2) is 0 Å². The summed E-state index contributed by atoms with van der Waals surface area (Å²) in [5.74, 6) is -0.790. The Morgan fingerprint density at radius 2 is 1.88 bits per heavy atom. The fourth-order valence-electron chi connectivity index (χ4n) is 3.48. The lowest BCUT2D eigenvalue weighted by atomic mass is 10.0. The van der Waals surface area contributed by atoms with Crippen molar-refractivity contribution in [1.29, 1.82) is 0 Å². The highest BCUT2D eigenvalue weighted by atomic mass is 16.5. The number of amides is 2. The molecule has 1 saturated heterocycles. The van der Waals surface area contributed by atoms with E-state index in [1.165, 1.54) is 6.08 Å². The molecule has 2 rings (SSSR count). The van der Waals surface area contributed by atoms with Gasteiger partial charge in [0, 0.05) is 30.8 Å². The Balaban J connectivity index is 1.91. The first-order chi connectivity index (χ1) is 15.9. The van der Waals surface area contributed by atoms with Gasteiger partial charge in [0.05, 0.1) is 25.9 Å². The second-order valence-electron chi connectivity index (χ2n) is 7.92. The van der Waals surface area contributed by atoms with Crippen LogP contribution in [0.2, 0.25) is 0 Å². The van der Waals surface area contributed by atoms with E-state index in [-0.39, 0.29) is 24.5 Å². The minimum atomic E-state index is -0.765. The molecule has 1 heterocycles. The fourth-order valence-corrected chi connectivity index (χ4v) is 3.48. The zero-order chi connectivity index (χ0) is 24.1. The number of nitrogens with one attached hydrogen (secondary N) is 1. The maximum Gasteiger partial charge on any atom is 0.330 e. The van der Waals surface area contributed by atoms with Crippen molar-refractivity contribution in [3.8, 4) is 0 Å². The van der Waals surface area contributed by atoms with Crippen molar-refractivity contribution in [1.82, 2.24) is 10.2 Å². The smallest absolute Gasteiger partial charge is 0.330 e. The van der Waals surface area contributed by atoms with Crippen LogP contribution in [0.25, 0.3) is 0 Å². The minimum Gasteiger partial charge on any atom is -0.463 e. The van der Waals surface area contributed by atoms with Gasteiger partial charge in [0.2, 0.25) is 5.91 Å². The first kappa shape index (κ1) is 26.5. The van der Waals surface area contributed by atoms with E-state index in [1.807, 2.05) is 12.1 Å². The topological polar surface area (TPSA) is 137 Å². The Labute approximate surface area is 195 Å². The zero-order valence-electron chi connectivity index (χ0n) is 19.3. The Hall–Kier alpha value is -2.75. The Bertz CT molecular complexity index is 791. The third kappa shape index (κ3) is 9.33. The van der Waals surface area contributed by atoms with Crippen LogP contribution in [0.15, 0.2) is 36.4 Å². The van der Waals surface area contributed by atoms with Crippen LogP contribution >= 0.6 is 0 Å². The summed E-state index contributed by atoms with van der Waals surface area (Å²) in [7, 11) is 0. The van der Waals surface area contributed by atoms with Gasteiger partial charge < -0.3 is 31.2 Å². The molecule has 2 atom stereocenters. The first-order valence-electron chi connectivity index (χ1n) is 11.5. The largest absolute Gasteiger partial charge is 0.463 e. The number of rotatable bonds is 12. The minimum absolute atomic E-state index is 0.0272. The van der Waals surface area contributed by atoms with Crippen LogP contribution in [-0.4, -0.2) is 74.2 Å². The molecule has 0 saturated carbocycles. The molecule has 1 fully saturated rings. The average Bonchev–Trinajstić information content (AvgIpc) is 2.83. The van der Waals surface area contributed by atoms with Gasteiger partial charge in [-0.1, -0.05) is 18.2 Å². The molecular formula is C24H36N4O5. The molecule has 1 aliphatic heterocycles. The van der Waals surface area contributed by atoms with E-state index >= 15 is 0 Å². The molecule has 1 aromatic carbocycles. The molecule has 0 bridgehead atoms. The van der Waals surface area contributed by atoms with Crippen LogP contribution in [-0.2, 0) is 25.5 Å². The SMILES string of the molecule is CCOC(=O)/C=C/[C@H](CCCCN)NC(=O)[C@@H](N)Cc1ccc(C(=O)N2CCOCC2)cc1. The van der Waals surface area contributed by atoms with Crippen molar-refractivity contribution >= 4 is 17.8 Å². The number of esters is 1. The lowest BCUT2D eigenvalue weighted by molar-refractivity contribution is -0.137. The Morgan fingerprint density at radius 1 is 1.18 bits per heavy atom. The van der Waals surface area contributed by atoms with Gasteiger partial charge in [0.1, 0.15) is 0 Å². The summed E-state index contributed by atoms with van der Waals surface area (Å²) in [5.41, 5.74) is 13.1. The monoisotopic (exact) mass is 460 g/mol. The van der Waals surface area contributed by atoms with Crippen LogP contribution in [0, 0.1) is 0 Å². The maximum atomic E-state index is 12.7. The van der Waals surface area contributed by atoms with E-state index in [9.17, 15) is 14.4 Å². The van der Waals surface area contributed by atoms with Crippen molar-refractivity contribution in [2.24, 2.45) is 11.5 Å².